The number of carbonyl (C=O) groups excluding carboxylic acids is 2. The molecule has 0 fully saturated rings. The van der Waals surface area contributed by atoms with E-state index in [0.717, 1.165) is 9.87 Å². The molecule has 12 heteroatoms. The number of sulfonamides is 1. The molecule has 1 N–H and O–H groups in total. The van der Waals surface area contributed by atoms with E-state index in [9.17, 15) is 18.0 Å². The topological polar surface area (TPSA) is 105 Å². The third kappa shape index (κ3) is 8.77. The second-order valence-corrected chi connectivity index (χ2v) is 13.3. The van der Waals surface area contributed by atoms with Crippen molar-refractivity contribution in [1.82, 2.24) is 10.2 Å². The molecule has 0 bridgehead atoms. The fourth-order valence-corrected chi connectivity index (χ4v) is 6.94. The Labute approximate surface area is 286 Å². The normalized spacial score (nSPS) is 11.8. The van der Waals surface area contributed by atoms with Crippen LogP contribution in [-0.2, 0) is 32.6 Å². The van der Waals surface area contributed by atoms with Gasteiger partial charge in [-0.15, -0.1) is 0 Å². The summed E-state index contributed by atoms with van der Waals surface area (Å²) < 4.78 is 40.3. The lowest BCUT2D eigenvalue weighted by molar-refractivity contribution is -0.140. The van der Waals surface area contributed by atoms with Crippen LogP contribution in [0.3, 0.4) is 0 Å². The number of amides is 2. The minimum absolute atomic E-state index is 0.0702. The summed E-state index contributed by atoms with van der Waals surface area (Å²) in [5.74, 6) is -0.348. The van der Waals surface area contributed by atoms with Crippen LogP contribution in [0, 0.1) is 0 Å². The van der Waals surface area contributed by atoms with Gasteiger partial charge >= 0.3 is 0 Å². The Morgan fingerprint density at radius 2 is 1.47 bits per heavy atom. The number of nitrogens with one attached hydrogen (secondary N) is 1. The fourth-order valence-electron chi connectivity index (χ4n) is 5.00. The Morgan fingerprint density at radius 3 is 2.09 bits per heavy atom. The van der Waals surface area contributed by atoms with Crippen molar-refractivity contribution < 1.29 is 27.5 Å². The molecule has 4 aromatic rings. The third-order valence-electron chi connectivity index (χ3n) is 7.49. The van der Waals surface area contributed by atoms with E-state index in [0.29, 0.717) is 34.3 Å². The molecule has 1 unspecified atom stereocenters. The molecule has 0 aromatic heterocycles. The van der Waals surface area contributed by atoms with Gasteiger partial charge in [0.25, 0.3) is 10.0 Å². The minimum atomic E-state index is -4.35. The number of carbonyl (C=O) groups is 2. The van der Waals surface area contributed by atoms with Gasteiger partial charge in [0.15, 0.2) is 0 Å². The molecule has 0 saturated heterocycles. The zero-order valence-electron chi connectivity index (χ0n) is 26.4. The molecule has 9 nitrogen and oxygen atoms in total. The molecule has 0 radical (unpaired) electrons. The Hall–Kier alpha value is -4.25. The van der Waals surface area contributed by atoms with Crippen LogP contribution in [0.2, 0.25) is 10.0 Å². The first-order chi connectivity index (χ1) is 22.6. The van der Waals surface area contributed by atoms with Gasteiger partial charge in [-0.05, 0) is 60.5 Å². The van der Waals surface area contributed by atoms with Crippen LogP contribution in [0.1, 0.15) is 24.5 Å². The van der Waals surface area contributed by atoms with Gasteiger partial charge in [-0.25, -0.2) is 8.42 Å². The average molecular weight is 699 g/mol. The van der Waals surface area contributed by atoms with Crippen molar-refractivity contribution in [2.24, 2.45) is 0 Å². The van der Waals surface area contributed by atoms with Crippen LogP contribution >= 0.6 is 23.2 Å². The first kappa shape index (κ1) is 35.6. The predicted octanol–water partition coefficient (Wildman–Crippen LogP) is 6.37. The second kappa shape index (κ2) is 16.5. The van der Waals surface area contributed by atoms with E-state index in [2.05, 4.69) is 5.32 Å². The van der Waals surface area contributed by atoms with Crippen molar-refractivity contribution >= 4 is 50.7 Å². The van der Waals surface area contributed by atoms with E-state index < -0.39 is 34.4 Å². The number of methoxy groups -OCH3 is 2. The first-order valence-electron chi connectivity index (χ1n) is 14.9. The van der Waals surface area contributed by atoms with E-state index >= 15 is 0 Å². The highest BCUT2D eigenvalue weighted by Crippen LogP contribution is 2.34. The number of hydrogen-bond donors (Lipinski definition) is 1. The summed E-state index contributed by atoms with van der Waals surface area (Å²) >= 11 is 13.1. The van der Waals surface area contributed by atoms with Gasteiger partial charge in [-0.2, -0.15) is 0 Å². The molecule has 0 saturated carbocycles. The quantitative estimate of drug-likeness (QED) is 0.155. The smallest absolute Gasteiger partial charge is 0.264 e. The largest absolute Gasteiger partial charge is 0.497 e. The van der Waals surface area contributed by atoms with Crippen molar-refractivity contribution in [2.45, 2.75) is 37.2 Å². The van der Waals surface area contributed by atoms with Crippen LogP contribution in [0.15, 0.2) is 102 Å². The minimum Gasteiger partial charge on any atom is -0.497 e. The monoisotopic (exact) mass is 697 g/mol. The van der Waals surface area contributed by atoms with E-state index in [1.165, 1.54) is 43.4 Å². The maximum absolute atomic E-state index is 14.6. The van der Waals surface area contributed by atoms with Crippen molar-refractivity contribution in [3.05, 3.63) is 118 Å². The van der Waals surface area contributed by atoms with Crippen molar-refractivity contribution in [1.29, 1.82) is 0 Å². The molecular weight excluding hydrogens is 661 g/mol. The van der Waals surface area contributed by atoms with Crippen molar-refractivity contribution in [3.63, 3.8) is 0 Å². The molecule has 0 spiro atoms. The molecule has 248 valence electrons. The molecule has 1 atom stereocenters. The van der Waals surface area contributed by atoms with Crippen LogP contribution in [0.4, 0.5) is 5.69 Å². The van der Waals surface area contributed by atoms with E-state index in [1.54, 1.807) is 42.5 Å². The summed E-state index contributed by atoms with van der Waals surface area (Å²) in [6, 6.07) is 25.6. The molecule has 0 heterocycles. The Morgan fingerprint density at radius 1 is 0.830 bits per heavy atom. The Bertz CT molecular complexity index is 1750. The lowest BCUT2D eigenvalue weighted by Crippen LogP contribution is -2.53. The van der Waals surface area contributed by atoms with E-state index in [1.807, 2.05) is 37.3 Å². The zero-order valence-corrected chi connectivity index (χ0v) is 28.7. The molecule has 47 heavy (non-hydrogen) atoms. The number of anilines is 1. The van der Waals surface area contributed by atoms with Gasteiger partial charge in [-0.3, -0.25) is 13.9 Å². The summed E-state index contributed by atoms with van der Waals surface area (Å²) in [6.45, 7) is 1.49. The van der Waals surface area contributed by atoms with Crippen LogP contribution in [0.25, 0.3) is 0 Å². The van der Waals surface area contributed by atoms with Gasteiger partial charge in [0.05, 0.1) is 24.8 Å². The third-order valence-corrected chi connectivity index (χ3v) is 9.97. The predicted molar refractivity (Wildman–Crippen MR) is 185 cm³/mol. The molecule has 4 rings (SSSR count). The first-order valence-corrected chi connectivity index (χ1v) is 17.1. The molecule has 4 aromatic carbocycles. The van der Waals surface area contributed by atoms with Gasteiger partial charge in [0.1, 0.15) is 24.1 Å². The van der Waals surface area contributed by atoms with Gasteiger partial charge < -0.3 is 19.7 Å². The molecule has 2 amide bonds. The van der Waals surface area contributed by atoms with Crippen molar-refractivity contribution in [2.75, 3.05) is 31.6 Å². The summed E-state index contributed by atoms with van der Waals surface area (Å²) in [5, 5.41) is 3.51. The fraction of sp³-hybridized carbons (Fsp3) is 0.257. The second-order valence-electron chi connectivity index (χ2n) is 10.6. The van der Waals surface area contributed by atoms with E-state index in [4.69, 9.17) is 32.7 Å². The number of rotatable bonds is 15. The number of nitrogens with zero attached hydrogens (tertiary/aromatic N) is 2. The Balaban J connectivity index is 1.85. The number of benzene rings is 4. The van der Waals surface area contributed by atoms with Crippen LogP contribution < -0.4 is 19.1 Å². The van der Waals surface area contributed by atoms with Crippen LogP contribution in [-0.4, -0.2) is 58.5 Å². The standard InChI is InChI=1S/C35H37Cl2N3O6S/c1-4-21-38-35(42)32(22-25-11-6-5-7-12-25)39(23-28-29(36)13-10-14-30(28)37)34(41)24-40(31-15-8-9-16-33(31)46-3)47(43,44)27-19-17-26(45-2)18-20-27/h5-20,32H,4,21-24H2,1-3H3,(H,38,42). The van der Waals surface area contributed by atoms with Gasteiger partial charge in [-0.1, -0.05) is 78.7 Å². The summed E-state index contributed by atoms with van der Waals surface area (Å²) in [4.78, 5) is 29.7. The van der Waals surface area contributed by atoms with Crippen molar-refractivity contribution in [3.8, 4) is 11.5 Å². The maximum Gasteiger partial charge on any atom is 0.264 e. The highest BCUT2D eigenvalue weighted by molar-refractivity contribution is 7.92. The summed E-state index contributed by atoms with van der Waals surface area (Å²) in [5.41, 5.74) is 1.37. The number of halogens is 2. The van der Waals surface area contributed by atoms with E-state index in [-0.39, 0.29) is 29.3 Å². The summed E-state index contributed by atoms with van der Waals surface area (Å²) in [6.07, 6.45) is 0.833. The number of ether oxygens (including phenoxy) is 2. The molecular formula is C35H37Cl2N3O6S. The van der Waals surface area contributed by atoms with Gasteiger partial charge in [0.2, 0.25) is 11.8 Å². The molecule has 0 aliphatic rings. The highest BCUT2D eigenvalue weighted by atomic mass is 35.5. The number of para-hydroxylation sites is 2. The lowest BCUT2D eigenvalue weighted by Gasteiger charge is -2.34. The Kier molecular flexibility index (Phi) is 12.5. The lowest BCUT2D eigenvalue weighted by atomic mass is 10.0. The van der Waals surface area contributed by atoms with Crippen LogP contribution in [0.5, 0.6) is 11.5 Å². The summed E-state index contributed by atoms with van der Waals surface area (Å²) in [7, 11) is -1.46. The van der Waals surface area contributed by atoms with Gasteiger partial charge in [0, 0.05) is 35.1 Å². The number of hydrogen-bond acceptors (Lipinski definition) is 6. The SMILES string of the molecule is CCCNC(=O)C(Cc1ccccc1)N(Cc1c(Cl)cccc1Cl)C(=O)CN(c1ccccc1OC)S(=O)(=O)c1ccc(OC)cc1. The maximum atomic E-state index is 14.6. The molecule has 0 aliphatic carbocycles. The highest BCUT2D eigenvalue weighted by Gasteiger charge is 2.36. The average Bonchev–Trinajstić information content (AvgIpc) is 3.09. The molecule has 0 aliphatic heterocycles. The zero-order chi connectivity index (χ0) is 34.0.